The zero-order chi connectivity index (χ0) is 14.0. The number of aryl methyl sites for hydroxylation is 1. The SMILES string of the molecule is COC(=O)CNC(=O)c1cc2c(F)cccc2n1C. The third kappa shape index (κ3) is 2.42. The van der Waals surface area contributed by atoms with Gasteiger partial charge in [-0.2, -0.15) is 0 Å². The first-order chi connectivity index (χ1) is 9.04. The highest BCUT2D eigenvalue weighted by Gasteiger charge is 2.15. The van der Waals surface area contributed by atoms with E-state index >= 15 is 0 Å². The number of halogens is 1. The highest BCUT2D eigenvalue weighted by molar-refractivity contribution is 5.99. The minimum atomic E-state index is -0.543. The predicted octanol–water partition coefficient (Wildman–Crippen LogP) is 1.22. The molecule has 6 heteroatoms. The van der Waals surface area contributed by atoms with Crippen LogP contribution in [-0.4, -0.2) is 30.1 Å². The van der Waals surface area contributed by atoms with Gasteiger partial charge in [-0.1, -0.05) is 6.07 Å². The molecule has 0 unspecified atom stereocenters. The first-order valence-electron chi connectivity index (χ1n) is 5.63. The van der Waals surface area contributed by atoms with Gasteiger partial charge in [0, 0.05) is 12.4 Å². The third-order valence-electron chi connectivity index (χ3n) is 2.89. The van der Waals surface area contributed by atoms with Crippen LogP contribution in [0.1, 0.15) is 10.5 Å². The van der Waals surface area contributed by atoms with Gasteiger partial charge in [-0.25, -0.2) is 4.39 Å². The minimum absolute atomic E-state index is 0.223. The molecule has 1 heterocycles. The van der Waals surface area contributed by atoms with Gasteiger partial charge in [-0.15, -0.1) is 0 Å². The van der Waals surface area contributed by atoms with Gasteiger partial charge in [0.15, 0.2) is 0 Å². The maximum Gasteiger partial charge on any atom is 0.325 e. The van der Waals surface area contributed by atoms with Crippen molar-refractivity contribution in [2.45, 2.75) is 0 Å². The molecule has 1 aromatic heterocycles. The summed E-state index contributed by atoms with van der Waals surface area (Å²) in [6.07, 6.45) is 0. The van der Waals surface area contributed by atoms with Crippen molar-refractivity contribution in [1.82, 2.24) is 9.88 Å². The zero-order valence-electron chi connectivity index (χ0n) is 10.6. The van der Waals surface area contributed by atoms with Crippen molar-refractivity contribution >= 4 is 22.8 Å². The van der Waals surface area contributed by atoms with E-state index in [9.17, 15) is 14.0 Å². The number of fused-ring (bicyclic) bond motifs is 1. The fourth-order valence-electron chi connectivity index (χ4n) is 1.86. The Labute approximate surface area is 109 Å². The molecular formula is C13H13FN2O3. The van der Waals surface area contributed by atoms with Crippen LogP contribution in [-0.2, 0) is 16.6 Å². The van der Waals surface area contributed by atoms with Crippen molar-refractivity contribution in [3.8, 4) is 0 Å². The molecule has 0 saturated heterocycles. The predicted molar refractivity (Wildman–Crippen MR) is 67.2 cm³/mol. The van der Waals surface area contributed by atoms with Crippen molar-refractivity contribution in [3.05, 3.63) is 35.8 Å². The normalized spacial score (nSPS) is 10.5. The van der Waals surface area contributed by atoms with Crippen molar-refractivity contribution in [3.63, 3.8) is 0 Å². The van der Waals surface area contributed by atoms with E-state index in [4.69, 9.17) is 0 Å². The van der Waals surface area contributed by atoms with Gasteiger partial charge >= 0.3 is 5.97 Å². The first kappa shape index (κ1) is 13.1. The molecule has 1 amide bonds. The summed E-state index contributed by atoms with van der Waals surface area (Å²) in [6, 6.07) is 6.08. The molecule has 0 atom stereocenters. The van der Waals surface area contributed by atoms with E-state index in [0.717, 1.165) is 0 Å². The van der Waals surface area contributed by atoms with Crippen molar-refractivity contribution < 1.29 is 18.7 Å². The Morgan fingerprint density at radius 2 is 2.16 bits per heavy atom. The Morgan fingerprint density at radius 1 is 1.42 bits per heavy atom. The highest BCUT2D eigenvalue weighted by Crippen LogP contribution is 2.21. The highest BCUT2D eigenvalue weighted by atomic mass is 19.1. The van der Waals surface area contributed by atoms with Gasteiger partial charge in [0.1, 0.15) is 18.1 Å². The van der Waals surface area contributed by atoms with E-state index < -0.39 is 11.9 Å². The van der Waals surface area contributed by atoms with E-state index in [1.165, 1.54) is 19.2 Å². The molecule has 100 valence electrons. The van der Waals surface area contributed by atoms with Crippen molar-refractivity contribution in [2.75, 3.05) is 13.7 Å². The van der Waals surface area contributed by atoms with Crippen LogP contribution in [0.5, 0.6) is 0 Å². The topological polar surface area (TPSA) is 60.3 Å². The van der Waals surface area contributed by atoms with E-state index in [-0.39, 0.29) is 18.1 Å². The lowest BCUT2D eigenvalue weighted by molar-refractivity contribution is -0.139. The lowest BCUT2D eigenvalue weighted by Gasteiger charge is -2.05. The van der Waals surface area contributed by atoms with Crippen LogP contribution in [0.4, 0.5) is 4.39 Å². The van der Waals surface area contributed by atoms with Gasteiger partial charge in [-0.3, -0.25) is 9.59 Å². The molecule has 0 aliphatic carbocycles. The number of methoxy groups -OCH3 is 1. The van der Waals surface area contributed by atoms with Crippen LogP contribution in [0.2, 0.25) is 0 Å². The third-order valence-corrected chi connectivity index (χ3v) is 2.89. The molecule has 19 heavy (non-hydrogen) atoms. The molecule has 0 radical (unpaired) electrons. The van der Waals surface area contributed by atoms with E-state index in [1.807, 2.05) is 0 Å². The van der Waals surface area contributed by atoms with Crippen LogP contribution in [0.3, 0.4) is 0 Å². The lowest BCUT2D eigenvalue weighted by atomic mass is 10.2. The number of hydrogen-bond acceptors (Lipinski definition) is 3. The molecule has 0 saturated carbocycles. The van der Waals surface area contributed by atoms with Gasteiger partial charge in [0.2, 0.25) is 0 Å². The largest absolute Gasteiger partial charge is 0.468 e. The fourth-order valence-corrected chi connectivity index (χ4v) is 1.86. The van der Waals surface area contributed by atoms with Gasteiger partial charge in [0.25, 0.3) is 5.91 Å². The molecule has 0 fully saturated rings. The molecule has 1 aromatic carbocycles. The molecular weight excluding hydrogens is 251 g/mol. The summed E-state index contributed by atoms with van der Waals surface area (Å²) >= 11 is 0. The summed E-state index contributed by atoms with van der Waals surface area (Å²) in [4.78, 5) is 22.9. The molecule has 0 bridgehead atoms. The monoisotopic (exact) mass is 264 g/mol. The standard InChI is InChI=1S/C13H13FN2O3/c1-16-10-5-3-4-9(14)8(10)6-11(16)13(18)15-7-12(17)19-2/h3-6H,7H2,1-2H3,(H,15,18). The minimum Gasteiger partial charge on any atom is -0.468 e. The smallest absolute Gasteiger partial charge is 0.325 e. The molecule has 0 spiro atoms. The Balaban J connectivity index is 2.30. The summed E-state index contributed by atoms with van der Waals surface area (Å²) in [6.45, 7) is -0.223. The second kappa shape index (κ2) is 5.09. The second-order valence-electron chi connectivity index (χ2n) is 4.02. The second-order valence-corrected chi connectivity index (χ2v) is 4.02. The number of hydrogen-bond donors (Lipinski definition) is 1. The van der Waals surface area contributed by atoms with Crippen molar-refractivity contribution in [1.29, 1.82) is 0 Å². The Morgan fingerprint density at radius 3 is 2.79 bits per heavy atom. The van der Waals surface area contributed by atoms with E-state index in [0.29, 0.717) is 10.9 Å². The number of esters is 1. The summed E-state index contributed by atoms with van der Waals surface area (Å²) in [5.41, 5.74) is 0.896. The number of carbonyl (C=O) groups excluding carboxylic acids is 2. The van der Waals surface area contributed by atoms with Gasteiger partial charge < -0.3 is 14.6 Å². The number of ether oxygens (including phenoxy) is 1. The summed E-state index contributed by atoms with van der Waals surface area (Å²) in [7, 11) is 2.90. The summed E-state index contributed by atoms with van der Waals surface area (Å²) in [5, 5.41) is 2.78. The van der Waals surface area contributed by atoms with Crippen LogP contribution in [0.15, 0.2) is 24.3 Å². The number of nitrogens with zero attached hydrogens (tertiary/aromatic N) is 1. The van der Waals surface area contributed by atoms with Crippen LogP contribution < -0.4 is 5.32 Å². The molecule has 2 aromatic rings. The average Bonchev–Trinajstić information content (AvgIpc) is 2.75. The summed E-state index contributed by atoms with van der Waals surface area (Å²) < 4.78 is 19.6. The van der Waals surface area contributed by atoms with Crippen molar-refractivity contribution in [2.24, 2.45) is 7.05 Å². The zero-order valence-corrected chi connectivity index (χ0v) is 10.6. The Kier molecular flexibility index (Phi) is 3.50. The quantitative estimate of drug-likeness (QED) is 0.848. The number of carbonyl (C=O) groups is 2. The van der Waals surface area contributed by atoms with Crippen LogP contribution >= 0.6 is 0 Å². The average molecular weight is 264 g/mol. The molecule has 1 N–H and O–H groups in total. The Hall–Kier alpha value is -2.37. The van der Waals surface area contributed by atoms with Crippen LogP contribution in [0.25, 0.3) is 10.9 Å². The molecule has 2 rings (SSSR count). The van der Waals surface area contributed by atoms with E-state index in [2.05, 4.69) is 10.1 Å². The van der Waals surface area contributed by atoms with Gasteiger partial charge in [-0.05, 0) is 18.2 Å². The summed E-state index contributed by atoms with van der Waals surface area (Å²) in [5.74, 6) is -1.39. The number of rotatable bonds is 3. The Bertz CT molecular complexity index is 649. The molecule has 0 aliphatic heterocycles. The number of amides is 1. The number of aromatic nitrogens is 1. The fraction of sp³-hybridized carbons (Fsp3) is 0.231. The number of nitrogens with one attached hydrogen (secondary N) is 1. The lowest BCUT2D eigenvalue weighted by Crippen LogP contribution is -2.31. The van der Waals surface area contributed by atoms with Gasteiger partial charge in [0.05, 0.1) is 12.6 Å². The first-order valence-corrected chi connectivity index (χ1v) is 5.63. The number of benzene rings is 1. The maximum absolute atomic E-state index is 13.6. The molecule has 0 aliphatic rings. The maximum atomic E-state index is 13.6. The molecule has 5 nitrogen and oxygen atoms in total. The van der Waals surface area contributed by atoms with E-state index in [1.54, 1.807) is 23.7 Å². The van der Waals surface area contributed by atoms with Crippen LogP contribution in [0, 0.1) is 5.82 Å².